The zero-order chi connectivity index (χ0) is 13.1. The van der Waals surface area contributed by atoms with Gasteiger partial charge in [-0.3, -0.25) is 0 Å². The number of benzene rings is 2. The third-order valence-corrected chi connectivity index (χ3v) is 2.39. The lowest BCUT2D eigenvalue weighted by molar-refractivity contribution is 0.586. The number of hydrogen-bond donors (Lipinski definition) is 2. The van der Waals surface area contributed by atoms with Crippen molar-refractivity contribution in [1.29, 1.82) is 0 Å². The highest BCUT2D eigenvalue weighted by atomic mass is 19.1. The fourth-order valence-electron chi connectivity index (χ4n) is 1.43. The SMILES string of the molecule is Nc1ccccc1C#Cc1cc(F)cc(F)c1N. The lowest BCUT2D eigenvalue weighted by Gasteiger charge is -2.00. The Kier molecular flexibility index (Phi) is 3.16. The van der Waals surface area contributed by atoms with Crippen LogP contribution in [-0.2, 0) is 0 Å². The summed E-state index contributed by atoms with van der Waals surface area (Å²) in [5.41, 5.74) is 12.2. The summed E-state index contributed by atoms with van der Waals surface area (Å²) in [5, 5.41) is 0. The van der Waals surface area contributed by atoms with Crippen molar-refractivity contribution in [1.82, 2.24) is 0 Å². The molecule has 0 aliphatic heterocycles. The molecule has 0 atom stereocenters. The first kappa shape index (κ1) is 11.9. The molecule has 2 aromatic carbocycles. The quantitative estimate of drug-likeness (QED) is 0.552. The van der Waals surface area contributed by atoms with Crippen molar-refractivity contribution in [3.8, 4) is 11.8 Å². The molecule has 0 heterocycles. The number of nitrogen functional groups attached to an aromatic ring is 2. The van der Waals surface area contributed by atoms with Gasteiger partial charge in [0.1, 0.15) is 11.6 Å². The Morgan fingerprint density at radius 2 is 1.56 bits per heavy atom. The maximum atomic E-state index is 13.2. The Morgan fingerprint density at radius 3 is 2.28 bits per heavy atom. The highest BCUT2D eigenvalue weighted by Crippen LogP contribution is 2.17. The molecule has 4 heteroatoms. The maximum Gasteiger partial charge on any atom is 0.150 e. The fraction of sp³-hybridized carbons (Fsp3) is 0. The van der Waals surface area contributed by atoms with Gasteiger partial charge >= 0.3 is 0 Å². The molecular formula is C14H10F2N2. The largest absolute Gasteiger partial charge is 0.398 e. The van der Waals surface area contributed by atoms with Crippen molar-refractivity contribution in [2.45, 2.75) is 0 Å². The van der Waals surface area contributed by atoms with E-state index in [-0.39, 0.29) is 11.3 Å². The molecule has 0 unspecified atom stereocenters. The lowest BCUT2D eigenvalue weighted by Crippen LogP contribution is -1.96. The van der Waals surface area contributed by atoms with E-state index in [0.29, 0.717) is 11.3 Å². The third kappa shape index (κ3) is 2.41. The summed E-state index contributed by atoms with van der Waals surface area (Å²) in [6, 6.07) is 8.77. The van der Waals surface area contributed by atoms with Crippen LogP contribution in [0.2, 0.25) is 0 Å². The van der Waals surface area contributed by atoms with Gasteiger partial charge in [0.25, 0.3) is 0 Å². The second kappa shape index (κ2) is 4.76. The first-order valence-corrected chi connectivity index (χ1v) is 5.19. The monoisotopic (exact) mass is 244 g/mol. The molecule has 0 radical (unpaired) electrons. The molecule has 2 rings (SSSR count). The van der Waals surface area contributed by atoms with Gasteiger partial charge in [-0.15, -0.1) is 0 Å². The minimum absolute atomic E-state index is 0.107. The van der Waals surface area contributed by atoms with Crippen LogP contribution in [0.15, 0.2) is 36.4 Å². The molecule has 2 nitrogen and oxygen atoms in total. The van der Waals surface area contributed by atoms with Crippen LogP contribution in [-0.4, -0.2) is 0 Å². The van der Waals surface area contributed by atoms with E-state index in [1.165, 1.54) is 0 Å². The first-order valence-electron chi connectivity index (χ1n) is 5.19. The highest BCUT2D eigenvalue weighted by molar-refractivity contribution is 5.62. The molecule has 0 spiro atoms. The number of halogens is 2. The van der Waals surface area contributed by atoms with Crippen LogP contribution in [0.4, 0.5) is 20.2 Å². The highest BCUT2D eigenvalue weighted by Gasteiger charge is 2.05. The predicted molar refractivity (Wildman–Crippen MR) is 67.6 cm³/mol. The number of nitrogens with two attached hydrogens (primary N) is 2. The zero-order valence-electron chi connectivity index (χ0n) is 9.37. The number of para-hydroxylation sites is 1. The number of rotatable bonds is 0. The van der Waals surface area contributed by atoms with Crippen molar-refractivity contribution in [2.75, 3.05) is 11.5 Å². The normalized spacial score (nSPS) is 9.67. The van der Waals surface area contributed by atoms with E-state index in [4.69, 9.17) is 11.5 Å². The molecule has 90 valence electrons. The molecular weight excluding hydrogens is 234 g/mol. The average molecular weight is 244 g/mol. The van der Waals surface area contributed by atoms with E-state index < -0.39 is 11.6 Å². The molecule has 0 fully saturated rings. The second-order valence-corrected chi connectivity index (χ2v) is 3.69. The summed E-state index contributed by atoms with van der Waals surface area (Å²) in [4.78, 5) is 0. The standard InChI is InChI=1S/C14H10F2N2/c15-11-7-10(14(18)12(16)8-11)6-5-9-3-1-2-4-13(9)17/h1-4,7-8H,17-18H2. The van der Waals surface area contributed by atoms with E-state index >= 15 is 0 Å². The summed E-state index contributed by atoms with van der Waals surface area (Å²) in [6.07, 6.45) is 0. The Morgan fingerprint density at radius 1 is 0.889 bits per heavy atom. The molecule has 2 aromatic rings. The number of hydrogen-bond acceptors (Lipinski definition) is 2. The molecule has 18 heavy (non-hydrogen) atoms. The minimum Gasteiger partial charge on any atom is -0.398 e. The van der Waals surface area contributed by atoms with E-state index in [2.05, 4.69) is 11.8 Å². The average Bonchev–Trinajstić information content (AvgIpc) is 2.33. The van der Waals surface area contributed by atoms with Crippen LogP contribution >= 0.6 is 0 Å². The fourth-order valence-corrected chi connectivity index (χ4v) is 1.43. The van der Waals surface area contributed by atoms with E-state index in [1.807, 2.05) is 0 Å². The Hall–Kier alpha value is -2.54. The van der Waals surface area contributed by atoms with Crippen LogP contribution < -0.4 is 11.5 Å². The molecule has 0 amide bonds. The Balaban J connectivity index is 2.45. The maximum absolute atomic E-state index is 13.2. The lowest BCUT2D eigenvalue weighted by atomic mass is 10.1. The van der Waals surface area contributed by atoms with Crippen LogP contribution in [0.1, 0.15) is 11.1 Å². The minimum atomic E-state index is -0.819. The van der Waals surface area contributed by atoms with Crippen LogP contribution in [0, 0.1) is 23.5 Å². The van der Waals surface area contributed by atoms with Crippen LogP contribution in [0.25, 0.3) is 0 Å². The molecule has 0 saturated carbocycles. The van der Waals surface area contributed by atoms with Gasteiger partial charge in [-0.2, -0.15) is 0 Å². The van der Waals surface area contributed by atoms with Gasteiger partial charge in [-0.25, -0.2) is 8.78 Å². The third-order valence-electron chi connectivity index (χ3n) is 2.39. The van der Waals surface area contributed by atoms with Gasteiger partial charge in [0.2, 0.25) is 0 Å². The van der Waals surface area contributed by atoms with E-state index in [0.717, 1.165) is 12.1 Å². The summed E-state index contributed by atoms with van der Waals surface area (Å²) < 4.78 is 26.2. The van der Waals surface area contributed by atoms with Crippen LogP contribution in [0.5, 0.6) is 0 Å². The van der Waals surface area contributed by atoms with Gasteiger partial charge in [0.15, 0.2) is 0 Å². The van der Waals surface area contributed by atoms with E-state index in [1.54, 1.807) is 24.3 Å². The van der Waals surface area contributed by atoms with Gasteiger partial charge in [-0.05, 0) is 18.2 Å². The summed E-state index contributed by atoms with van der Waals surface area (Å²) in [7, 11) is 0. The predicted octanol–water partition coefficient (Wildman–Crippen LogP) is 2.53. The van der Waals surface area contributed by atoms with Crippen molar-refractivity contribution in [3.05, 3.63) is 59.2 Å². The zero-order valence-corrected chi connectivity index (χ0v) is 9.37. The second-order valence-electron chi connectivity index (χ2n) is 3.69. The Labute approximate surface area is 103 Å². The molecule has 4 N–H and O–H groups in total. The topological polar surface area (TPSA) is 52.0 Å². The molecule has 0 saturated heterocycles. The summed E-state index contributed by atoms with van der Waals surface area (Å²) >= 11 is 0. The van der Waals surface area contributed by atoms with Crippen LogP contribution in [0.3, 0.4) is 0 Å². The van der Waals surface area contributed by atoms with E-state index in [9.17, 15) is 8.78 Å². The Bertz CT molecular complexity index is 655. The number of anilines is 2. The van der Waals surface area contributed by atoms with Crippen molar-refractivity contribution >= 4 is 11.4 Å². The summed E-state index contributed by atoms with van der Waals surface area (Å²) in [6.45, 7) is 0. The van der Waals surface area contributed by atoms with Gasteiger partial charge < -0.3 is 11.5 Å². The first-order chi connectivity index (χ1) is 8.58. The molecule has 0 bridgehead atoms. The van der Waals surface area contributed by atoms with Crippen molar-refractivity contribution < 1.29 is 8.78 Å². The van der Waals surface area contributed by atoms with Gasteiger partial charge in [0, 0.05) is 17.3 Å². The van der Waals surface area contributed by atoms with Gasteiger partial charge in [0.05, 0.1) is 11.3 Å². The molecule has 0 aromatic heterocycles. The molecule has 0 aliphatic rings. The molecule has 0 aliphatic carbocycles. The van der Waals surface area contributed by atoms with Gasteiger partial charge in [-0.1, -0.05) is 24.0 Å². The smallest absolute Gasteiger partial charge is 0.150 e. The van der Waals surface area contributed by atoms with Crippen molar-refractivity contribution in [2.24, 2.45) is 0 Å². The van der Waals surface area contributed by atoms with Crippen molar-refractivity contribution in [3.63, 3.8) is 0 Å². The summed E-state index contributed by atoms with van der Waals surface area (Å²) in [5.74, 6) is 3.82.